The zero-order valence-electron chi connectivity index (χ0n) is 13.0. The summed E-state index contributed by atoms with van der Waals surface area (Å²) < 4.78 is 2.28. The summed E-state index contributed by atoms with van der Waals surface area (Å²) in [5.74, 6) is 1.02. The van der Waals surface area contributed by atoms with Crippen molar-refractivity contribution < 1.29 is 5.11 Å². The maximum Gasteiger partial charge on any atom is 0.112 e. The summed E-state index contributed by atoms with van der Waals surface area (Å²) in [5.41, 5.74) is 1.58. The maximum absolute atomic E-state index is 10.9. The van der Waals surface area contributed by atoms with Crippen molar-refractivity contribution >= 4 is 11.0 Å². The predicted molar refractivity (Wildman–Crippen MR) is 85.4 cm³/mol. The molecule has 0 amide bonds. The molecule has 0 spiro atoms. The molecule has 4 heteroatoms. The number of likely N-dealkylation sites (tertiary alicyclic amines) is 1. The van der Waals surface area contributed by atoms with Gasteiger partial charge in [0.2, 0.25) is 0 Å². The molecule has 1 saturated heterocycles. The molecule has 21 heavy (non-hydrogen) atoms. The highest BCUT2D eigenvalue weighted by Gasteiger charge is 2.33. The fourth-order valence-corrected chi connectivity index (χ4v) is 3.51. The van der Waals surface area contributed by atoms with Crippen molar-refractivity contribution in [2.45, 2.75) is 44.8 Å². The molecule has 114 valence electrons. The fourth-order valence-electron chi connectivity index (χ4n) is 3.51. The van der Waals surface area contributed by atoms with E-state index in [9.17, 15) is 5.11 Å². The Morgan fingerprint density at radius 3 is 2.90 bits per heavy atom. The minimum absolute atomic E-state index is 0.639. The Morgan fingerprint density at radius 1 is 1.33 bits per heavy atom. The Kier molecular flexibility index (Phi) is 4.00. The Morgan fingerprint density at radius 2 is 2.14 bits per heavy atom. The van der Waals surface area contributed by atoms with Crippen LogP contribution < -0.4 is 0 Å². The summed E-state index contributed by atoms with van der Waals surface area (Å²) in [6.45, 7) is 4.96. The van der Waals surface area contributed by atoms with E-state index in [1.165, 1.54) is 5.52 Å². The standard InChI is InChI=1S/C17H25N3O/c1-3-10-20-15-8-5-4-7-14(15)18-16(20)12-17(21)9-6-11-19(2)13-17/h4-5,7-8,21H,3,6,9-13H2,1-2H3. The number of hydrogen-bond acceptors (Lipinski definition) is 3. The van der Waals surface area contributed by atoms with Gasteiger partial charge in [0.1, 0.15) is 5.82 Å². The number of likely N-dealkylation sites (N-methyl/N-ethyl adjacent to an activating group) is 1. The minimum Gasteiger partial charge on any atom is -0.388 e. The number of benzene rings is 1. The van der Waals surface area contributed by atoms with E-state index in [2.05, 4.69) is 41.6 Å². The van der Waals surface area contributed by atoms with E-state index in [1.807, 2.05) is 6.07 Å². The number of rotatable bonds is 4. The van der Waals surface area contributed by atoms with Crippen LogP contribution in [0.25, 0.3) is 11.0 Å². The molecular formula is C17H25N3O. The summed E-state index contributed by atoms with van der Waals surface area (Å²) in [6, 6.07) is 8.27. The number of para-hydroxylation sites is 2. The summed E-state index contributed by atoms with van der Waals surface area (Å²) in [4.78, 5) is 7.00. The van der Waals surface area contributed by atoms with E-state index >= 15 is 0 Å². The number of aliphatic hydroxyl groups is 1. The van der Waals surface area contributed by atoms with Crippen LogP contribution in [0.4, 0.5) is 0 Å². The number of imidazole rings is 1. The van der Waals surface area contributed by atoms with Crippen molar-refractivity contribution in [3.05, 3.63) is 30.1 Å². The molecular weight excluding hydrogens is 262 g/mol. The van der Waals surface area contributed by atoms with Gasteiger partial charge in [0.15, 0.2) is 0 Å². The smallest absolute Gasteiger partial charge is 0.112 e. The Bertz CT molecular complexity index is 622. The van der Waals surface area contributed by atoms with Gasteiger partial charge in [0.05, 0.1) is 16.6 Å². The second-order valence-corrected chi connectivity index (χ2v) is 6.41. The third-order valence-corrected chi connectivity index (χ3v) is 4.41. The lowest BCUT2D eigenvalue weighted by atomic mass is 9.89. The van der Waals surface area contributed by atoms with E-state index < -0.39 is 5.60 Å². The summed E-state index contributed by atoms with van der Waals surface area (Å²) in [5, 5.41) is 10.9. The quantitative estimate of drug-likeness (QED) is 0.939. The van der Waals surface area contributed by atoms with Gasteiger partial charge in [-0.1, -0.05) is 19.1 Å². The van der Waals surface area contributed by atoms with Gasteiger partial charge in [-0.05, 0) is 45.0 Å². The van der Waals surface area contributed by atoms with E-state index in [-0.39, 0.29) is 0 Å². The lowest BCUT2D eigenvalue weighted by Crippen LogP contribution is -2.48. The number of fused-ring (bicyclic) bond motifs is 1. The van der Waals surface area contributed by atoms with Crippen LogP contribution in [-0.2, 0) is 13.0 Å². The molecule has 0 aliphatic carbocycles. The third-order valence-electron chi connectivity index (χ3n) is 4.41. The zero-order chi connectivity index (χ0) is 14.9. The first kappa shape index (κ1) is 14.5. The summed E-state index contributed by atoms with van der Waals surface area (Å²) in [6.07, 6.45) is 3.64. The van der Waals surface area contributed by atoms with E-state index in [4.69, 9.17) is 4.98 Å². The number of aryl methyl sites for hydroxylation is 1. The third kappa shape index (κ3) is 2.97. The number of nitrogens with zero attached hydrogens (tertiary/aromatic N) is 3. The molecule has 1 aliphatic heterocycles. The lowest BCUT2D eigenvalue weighted by molar-refractivity contribution is -0.0242. The second-order valence-electron chi connectivity index (χ2n) is 6.41. The van der Waals surface area contributed by atoms with Crippen LogP contribution in [0.3, 0.4) is 0 Å². The van der Waals surface area contributed by atoms with Gasteiger partial charge in [0, 0.05) is 19.5 Å². The number of piperidine rings is 1. The molecule has 2 aromatic rings. The van der Waals surface area contributed by atoms with Crippen molar-refractivity contribution in [1.82, 2.24) is 14.5 Å². The van der Waals surface area contributed by atoms with Gasteiger partial charge >= 0.3 is 0 Å². The lowest BCUT2D eigenvalue weighted by Gasteiger charge is -2.37. The molecule has 1 N–H and O–H groups in total. The molecule has 0 saturated carbocycles. The van der Waals surface area contributed by atoms with Crippen LogP contribution in [0.15, 0.2) is 24.3 Å². The normalized spacial score (nSPS) is 23.8. The van der Waals surface area contributed by atoms with E-state index in [0.29, 0.717) is 6.42 Å². The fraction of sp³-hybridized carbons (Fsp3) is 0.588. The minimum atomic E-state index is -0.639. The molecule has 1 aromatic carbocycles. The summed E-state index contributed by atoms with van der Waals surface area (Å²) >= 11 is 0. The highest BCUT2D eigenvalue weighted by Crippen LogP contribution is 2.26. The molecule has 1 aliphatic rings. The number of hydrogen-bond donors (Lipinski definition) is 1. The first-order valence-corrected chi connectivity index (χ1v) is 7.96. The first-order valence-electron chi connectivity index (χ1n) is 7.96. The van der Waals surface area contributed by atoms with Crippen LogP contribution in [0.1, 0.15) is 32.0 Å². The van der Waals surface area contributed by atoms with Crippen LogP contribution in [0, 0.1) is 0 Å². The van der Waals surface area contributed by atoms with E-state index in [0.717, 1.165) is 50.2 Å². The van der Waals surface area contributed by atoms with Crippen molar-refractivity contribution in [2.24, 2.45) is 0 Å². The zero-order valence-corrected chi connectivity index (χ0v) is 13.0. The van der Waals surface area contributed by atoms with Crippen molar-refractivity contribution in [3.8, 4) is 0 Å². The molecule has 3 rings (SSSR count). The highest BCUT2D eigenvalue weighted by atomic mass is 16.3. The average molecular weight is 287 g/mol. The van der Waals surface area contributed by atoms with Gasteiger partial charge in [-0.25, -0.2) is 4.98 Å². The molecule has 1 atom stereocenters. The monoisotopic (exact) mass is 287 g/mol. The van der Waals surface area contributed by atoms with Crippen molar-refractivity contribution in [2.75, 3.05) is 20.1 Å². The second kappa shape index (κ2) is 5.78. The largest absolute Gasteiger partial charge is 0.388 e. The Hall–Kier alpha value is -1.39. The van der Waals surface area contributed by atoms with Crippen LogP contribution >= 0.6 is 0 Å². The molecule has 2 heterocycles. The number of β-amino-alcohol motifs (C(OH)–C–C–N with tert-alkyl or cyclic N) is 1. The highest BCUT2D eigenvalue weighted by molar-refractivity contribution is 5.75. The van der Waals surface area contributed by atoms with Crippen molar-refractivity contribution in [3.63, 3.8) is 0 Å². The topological polar surface area (TPSA) is 41.3 Å². The van der Waals surface area contributed by atoms with Crippen molar-refractivity contribution in [1.29, 1.82) is 0 Å². The van der Waals surface area contributed by atoms with Crippen LogP contribution in [0.5, 0.6) is 0 Å². The Balaban J connectivity index is 1.94. The predicted octanol–water partition coefficient (Wildman–Crippen LogP) is 2.45. The first-order chi connectivity index (χ1) is 10.1. The maximum atomic E-state index is 10.9. The van der Waals surface area contributed by atoms with Gasteiger partial charge in [-0.3, -0.25) is 0 Å². The molecule has 1 fully saturated rings. The molecule has 0 radical (unpaired) electrons. The van der Waals surface area contributed by atoms with Gasteiger partial charge < -0.3 is 14.6 Å². The average Bonchev–Trinajstić information content (AvgIpc) is 2.76. The molecule has 4 nitrogen and oxygen atoms in total. The molecule has 1 aromatic heterocycles. The van der Waals surface area contributed by atoms with Crippen LogP contribution in [0.2, 0.25) is 0 Å². The van der Waals surface area contributed by atoms with Gasteiger partial charge in [-0.2, -0.15) is 0 Å². The molecule has 1 unspecified atom stereocenters. The molecule has 0 bridgehead atoms. The van der Waals surface area contributed by atoms with E-state index in [1.54, 1.807) is 0 Å². The SMILES string of the molecule is CCCn1c(CC2(O)CCCN(C)C2)nc2ccccc21. The number of aromatic nitrogens is 2. The summed E-state index contributed by atoms with van der Waals surface area (Å²) in [7, 11) is 2.08. The van der Waals surface area contributed by atoms with Gasteiger partial charge in [0.25, 0.3) is 0 Å². The van der Waals surface area contributed by atoms with Crippen LogP contribution in [-0.4, -0.2) is 45.3 Å². The Labute approximate surface area is 126 Å². The van der Waals surface area contributed by atoms with Gasteiger partial charge in [-0.15, -0.1) is 0 Å².